The molecule has 3 unspecified atom stereocenters. The molecule has 1 aromatic carbocycles. The fourth-order valence-electron chi connectivity index (χ4n) is 2.44. The summed E-state index contributed by atoms with van der Waals surface area (Å²) < 4.78 is 0. The molecular formula is C14H14ClNO3. The van der Waals surface area contributed by atoms with Crippen LogP contribution in [0.15, 0.2) is 35.9 Å². The van der Waals surface area contributed by atoms with E-state index < -0.39 is 29.6 Å². The summed E-state index contributed by atoms with van der Waals surface area (Å²) in [7, 11) is 0. The molecule has 1 aromatic rings. The molecule has 0 radical (unpaired) electrons. The number of hydrogen-bond donors (Lipinski definition) is 2. The van der Waals surface area contributed by atoms with E-state index >= 15 is 0 Å². The highest BCUT2D eigenvalue weighted by Gasteiger charge is 2.42. The minimum Gasteiger partial charge on any atom is -0.481 e. The van der Waals surface area contributed by atoms with E-state index in [1.54, 1.807) is 31.2 Å². The fraction of sp³-hybridized carbons (Fsp3) is 0.286. The first-order valence-corrected chi connectivity index (χ1v) is 6.25. The third-order valence-corrected chi connectivity index (χ3v) is 3.72. The van der Waals surface area contributed by atoms with Crippen molar-refractivity contribution in [3.63, 3.8) is 0 Å². The molecular weight excluding hydrogens is 266 g/mol. The number of carbonyl (C=O) groups excluding carboxylic acids is 1. The number of allylic oxidation sites excluding steroid dienone is 1. The number of rotatable bonds is 2. The first kappa shape index (κ1) is 13.8. The van der Waals surface area contributed by atoms with Gasteiger partial charge >= 0.3 is 5.97 Å². The van der Waals surface area contributed by atoms with Crippen LogP contribution in [-0.2, 0) is 9.59 Å². The molecule has 0 bridgehead atoms. The number of hydrogen-bond acceptors (Lipinski definition) is 3. The number of ketones is 1. The average Bonchev–Trinajstić information content (AvgIpc) is 2.34. The van der Waals surface area contributed by atoms with Crippen molar-refractivity contribution in [2.45, 2.75) is 18.9 Å². The van der Waals surface area contributed by atoms with Crippen LogP contribution in [0.3, 0.4) is 0 Å². The van der Waals surface area contributed by atoms with Crippen LogP contribution in [0.4, 0.5) is 0 Å². The second-order valence-corrected chi connectivity index (χ2v) is 5.15. The maximum Gasteiger partial charge on any atom is 0.315 e. The lowest BCUT2D eigenvalue weighted by molar-refractivity contribution is -0.146. The van der Waals surface area contributed by atoms with E-state index in [0.717, 1.165) is 0 Å². The lowest BCUT2D eigenvalue weighted by Gasteiger charge is -2.32. The summed E-state index contributed by atoms with van der Waals surface area (Å²) in [6, 6.07) is 6.28. The van der Waals surface area contributed by atoms with Gasteiger partial charge in [-0.2, -0.15) is 0 Å². The van der Waals surface area contributed by atoms with Gasteiger partial charge in [-0.15, -0.1) is 0 Å². The van der Waals surface area contributed by atoms with Crippen LogP contribution in [0, 0.1) is 5.92 Å². The van der Waals surface area contributed by atoms with E-state index in [1.165, 1.54) is 6.08 Å². The SMILES string of the molecule is CC1=CC(=O)C(C(=O)O)C(c2ccc(Cl)cc2)C1N. The van der Waals surface area contributed by atoms with Crippen LogP contribution >= 0.6 is 11.6 Å². The van der Waals surface area contributed by atoms with E-state index in [4.69, 9.17) is 17.3 Å². The van der Waals surface area contributed by atoms with E-state index in [9.17, 15) is 14.7 Å². The topological polar surface area (TPSA) is 80.4 Å². The molecule has 0 amide bonds. The Morgan fingerprint density at radius 1 is 1.32 bits per heavy atom. The molecule has 3 atom stereocenters. The molecule has 4 nitrogen and oxygen atoms in total. The van der Waals surface area contributed by atoms with Gasteiger partial charge < -0.3 is 10.8 Å². The number of benzene rings is 1. The van der Waals surface area contributed by atoms with Gasteiger partial charge in [0.05, 0.1) is 0 Å². The molecule has 1 aliphatic rings. The molecule has 0 heterocycles. The van der Waals surface area contributed by atoms with Crippen molar-refractivity contribution >= 4 is 23.4 Å². The van der Waals surface area contributed by atoms with Gasteiger partial charge in [-0.25, -0.2) is 0 Å². The Bertz CT molecular complexity index is 550. The number of halogens is 1. The zero-order valence-corrected chi connectivity index (χ0v) is 11.1. The Kier molecular flexibility index (Phi) is 3.73. The minimum absolute atomic E-state index is 0.411. The molecule has 100 valence electrons. The van der Waals surface area contributed by atoms with Crippen molar-refractivity contribution in [2.24, 2.45) is 11.7 Å². The normalized spacial score (nSPS) is 27.0. The maximum atomic E-state index is 11.9. The van der Waals surface area contributed by atoms with Crippen LogP contribution in [0.2, 0.25) is 5.02 Å². The zero-order chi connectivity index (χ0) is 14.2. The number of carboxylic acid groups (broad SMARTS) is 1. The monoisotopic (exact) mass is 279 g/mol. The number of carbonyl (C=O) groups is 2. The second-order valence-electron chi connectivity index (χ2n) is 4.71. The van der Waals surface area contributed by atoms with E-state index in [0.29, 0.717) is 16.2 Å². The largest absolute Gasteiger partial charge is 0.481 e. The quantitative estimate of drug-likeness (QED) is 0.811. The predicted octanol–water partition coefficient (Wildman–Crippen LogP) is 1.98. The minimum atomic E-state index is -1.15. The van der Waals surface area contributed by atoms with Gasteiger partial charge in [0.15, 0.2) is 5.78 Å². The Labute approximate surface area is 115 Å². The number of carboxylic acids is 1. The summed E-state index contributed by atoms with van der Waals surface area (Å²) in [6.07, 6.45) is 1.33. The summed E-state index contributed by atoms with van der Waals surface area (Å²) >= 11 is 5.82. The van der Waals surface area contributed by atoms with Crippen molar-refractivity contribution < 1.29 is 14.7 Å². The van der Waals surface area contributed by atoms with Crippen molar-refractivity contribution in [1.82, 2.24) is 0 Å². The first-order valence-electron chi connectivity index (χ1n) is 5.87. The molecule has 0 saturated heterocycles. The average molecular weight is 280 g/mol. The fourth-order valence-corrected chi connectivity index (χ4v) is 2.56. The zero-order valence-electron chi connectivity index (χ0n) is 10.3. The molecule has 0 aromatic heterocycles. The Morgan fingerprint density at radius 2 is 1.89 bits per heavy atom. The molecule has 2 rings (SSSR count). The predicted molar refractivity (Wildman–Crippen MR) is 72.1 cm³/mol. The van der Waals surface area contributed by atoms with Gasteiger partial charge in [-0.3, -0.25) is 9.59 Å². The summed E-state index contributed by atoms with van der Waals surface area (Å²) in [5, 5.41) is 9.82. The van der Waals surface area contributed by atoms with Gasteiger partial charge in [0.25, 0.3) is 0 Å². The van der Waals surface area contributed by atoms with Gasteiger partial charge in [0.1, 0.15) is 5.92 Å². The third-order valence-electron chi connectivity index (χ3n) is 3.47. The molecule has 5 heteroatoms. The highest BCUT2D eigenvalue weighted by molar-refractivity contribution is 6.30. The molecule has 3 N–H and O–H groups in total. The van der Waals surface area contributed by atoms with Crippen LogP contribution in [0.5, 0.6) is 0 Å². The van der Waals surface area contributed by atoms with Crippen molar-refractivity contribution in [2.75, 3.05) is 0 Å². The van der Waals surface area contributed by atoms with E-state index in [1.807, 2.05) is 0 Å². The summed E-state index contributed by atoms with van der Waals surface area (Å²) in [6.45, 7) is 1.74. The van der Waals surface area contributed by atoms with Crippen LogP contribution in [0.25, 0.3) is 0 Å². The highest BCUT2D eigenvalue weighted by Crippen LogP contribution is 2.35. The Hall–Kier alpha value is -1.65. The Morgan fingerprint density at radius 3 is 2.42 bits per heavy atom. The Balaban J connectivity index is 2.50. The van der Waals surface area contributed by atoms with E-state index in [-0.39, 0.29) is 0 Å². The standard InChI is InChI=1S/C14H14ClNO3/c1-7-6-10(17)12(14(18)19)11(13(7)16)8-2-4-9(15)5-3-8/h2-6,11-13H,16H2,1H3,(H,18,19). The lowest BCUT2D eigenvalue weighted by atomic mass is 9.72. The van der Waals surface area contributed by atoms with Crippen molar-refractivity contribution in [1.29, 1.82) is 0 Å². The van der Waals surface area contributed by atoms with Crippen LogP contribution < -0.4 is 5.73 Å². The number of nitrogens with two attached hydrogens (primary N) is 1. The highest BCUT2D eigenvalue weighted by atomic mass is 35.5. The van der Waals surface area contributed by atoms with Crippen molar-refractivity contribution in [3.05, 3.63) is 46.5 Å². The van der Waals surface area contributed by atoms with Crippen molar-refractivity contribution in [3.8, 4) is 0 Å². The molecule has 1 aliphatic carbocycles. The van der Waals surface area contributed by atoms with Crippen LogP contribution in [0.1, 0.15) is 18.4 Å². The van der Waals surface area contributed by atoms with Gasteiger partial charge in [0, 0.05) is 17.0 Å². The molecule has 19 heavy (non-hydrogen) atoms. The van der Waals surface area contributed by atoms with Gasteiger partial charge in [-0.1, -0.05) is 29.3 Å². The first-order chi connectivity index (χ1) is 8.91. The third kappa shape index (κ3) is 2.55. The lowest BCUT2D eigenvalue weighted by Crippen LogP contribution is -2.44. The summed E-state index contributed by atoms with van der Waals surface area (Å²) in [4.78, 5) is 23.2. The summed E-state index contributed by atoms with van der Waals surface area (Å²) in [5.41, 5.74) is 7.48. The summed E-state index contributed by atoms with van der Waals surface area (Å²) in [5.74, 6) is -3.26. The molecule has 0 aliphatic heterocycles. The van der Waals surface area contributed by atoms with Gasteiger partial charge in [-0.05, 0) is 30.7 Å². The van der Waals surface area contributed by atoms with Gasteiger partial charge in [0.2, 0.25) is 0 Å². The molecule has 0 spiro atoms. The van der Waals surface area contributed by atoms with Crippen LogP contribution in [-0.4, -0.2) is 22.9 Å². The molecule has 0 fully saturated rings. The second kappa shape index (κ2) is 5.15. The smallest absolute Gasteiger partial charge is 0.315 e. The molecule has 0 saturated carbocycles. The maximum absolute atomic E-state index is 11.9. The number of aliphatic carboxylic acids is 1. The van der Waals surface area contributed by atoms with E-state index in [2.05, 4.69) is 0 Å².